The molecule has 66 valence electrons. The molecule has 0 aromatic carbocycles. The van der Waals surface area contributed by atoms with E-state index in [1.54, 1.807) is 12.4 Å². The van der Waals surface area contributed by atoms with Crippen molar-refractivity contribution in [3.05, 3.63) is 18.2 Å². The van der Waals surface area contributed by atoms with E-state index < -0.39 is 0 Å². The largest absolute Gasteiger partial charge is 0.354 e. The van der Waals surface area contributed by atoms with E-state index in [0.29, 0.717) is 12.2 Å². The Morgan fingerprint density at radius 3 is 3.00 bits per heavy atom. The van der Waals surface area contributed by atoms with Crippen molar-refractivity contribution in [1.82, 2.24) is 15.3 Å². The van der Waals surface area contributed by atoms with Gasteiger partial charge in [0.1, 0.15) is 5.82 Å². The minimum Gasteiger partial charge on any atom is -0.354 e. The number of imidazole rings is 1. The second-order valence-electron chi connectivity index (χ2n) is 2.93. The second kappa shape index (κ2) is 3.90. The van der Waals surface area contributed by atoms with E-state index in [9.17, 15) is 4.79 Å². The van der Waals surface area contributed by atoms with Crippen LogP contribution in [0.15, 0.2) is 12.4 Å². The number of carbonyl (C=O) groups is 1. The summed E-state index contributed by atoms with van der Waals surface area (Å²) < 4.78 is 0. The molecule has 0 aliphatic heterocycles. The number of hydrogen-bond acceptors (Lipinski definition) is 2. The third-order valence-electron chi connectivity index (χ3n) is 1.33. The fourth-order valence-electron chi connectivity index (χ4n) is 0.920. The molecule has 0 aliphatic rings. The molecule has 4 nitrogen and oxygen atoms in total. The summed E-state index contributed by atoms with van der Waals surface area (Å²) in [7, 11) is 0. The lowest BCUT2D eigenvalue weighted by Gasteiger charge is -2.06. The van der Waals surface area contributed by atoms with E-state index in [-0.39, 0.29) is 11.9 Å². The van der Waals surface area contributed by atoms with Crippen molar-refractivity contribution in [2.24, 2.45) is 0 Å². The highest BCUT2D eigenvalue weighted by Crippen LogP contribution is 1.90. The number of nitrogens with zero attached hydrogens (tertiary/aromatic N) is 1. The first kappa shape index (κ1) is 8.77. The van der Waals surface area contributed by atoms with Crippen LogP contribution in [0.5, 0.6) is 0 Å². The zero-order chi connectivity index (χ0) is 8.97. The summed E-state index contributed by atoms with van der Waals surface area (Å²) in [5.41, 5.74) is 0. The molecule has 0 fully saturated rings. The first-order valence-corrected chi connectivity index (χ1v) is 3.96. The molecule has 0 spiro atoms. The fraction of sp³-hybridized carbons (Fsp3) is 0.500. The Balaban J connectivity index is 2.37. The molecule has 0 aliphatic carbocycles. The number of rotatable bonds is 3. The molecule has 0 saturated carbocycles. The Bertz CT molecular complexity index is 241. The summed E-state index contributed by atoms with van der Waals surface area (Å²) in [5.74, 6) is 0.702. The van der Waals surface area contributed by atoms with E-state index >= 15 is 0 Å². The molecule has 12 heavy (non-hydrogen) atoms. The quantitative estimate of drug-likeness (QED) is 0.687. The van der Waals surface area contributed by atoms with Crippen LogP contribution in [0.1, 0.15) is 19.7 Å². The van der Waals surface area contributed by atoms with Crippen LogP contribution in [0.4, 0.5) is 0 Å². The van der Waals surface area contributed by atoms with Crippen molar-refractivity contribution in [1.29, 1.82) is 0 Å². The van der Waals surface area contributed by atoms with Crippen molar-refractivity contribution in [3.63, 3.8) is 0 Å². The van der Waals surface area contributed by atoms with Gasteiger partial charge in [-0.2, -0.15) is 0 Å². The molecule has 0 unspecified atom stereocenters. The average Bonchev–Trinajstić information content (AvgIpc) is 2.37. The molecule has 1 aromatic rings. The predicted octanol–water partition coefficient (Wildman–Crippen LogP) is 0.477. The molecule has 0 bridgehead atoms. The maximum Gasteiger partial charge on any atom is 0.227 e. The van der Waals surface area contributed by atoms with Crippen LogP contribution >= 0.6 is 0 Å². The standard InChI is InChI=1S/C8H13N3O/c1-6(2)11-8(12)5-7-9-3-4-10-7/h3-4,6H,5H2,1-2H3,(H,9,10)(H,11,12). The summed E-state index contributed by atoms with van der Waals surface area (Å²) in [6.45, 7) is 3.86. The fourth-order valence-corrected chi connectivity index (χ4v) is 0.920. The van der Waals surface area contributed by atoms with Crippen LogP contribution in [-0.2, 0) is 11.2 Å². The number of amides is 1. The van der Waals surface area contributed by atoms with Gasteiger partial charge in [-0.15, -0.1) is 0 Å². The summed E-state index contributed by atoms with van der Waals surface area (Å²) in [5, 5.41) is 2.78. The summed E-state index contributed by atoms with van der Waals surface area (Å²) >= 11 is 0. The smallest absolute Gasteiger partial charge is 0.227 e. The Labute approximate surface area is 71.4 Å². The van der Waals surface area contributed by atoms with Gasteiger partial charge in [0.15, 0.2) is 0 Å². The van der Waals surface area contributed by atoms with E-state index in [2.05, 4.69) is 15.3 Å². The third-order valence-corrected chi connectivity index (χ3v) is 1.33. The first-order chi connectivity index (χ1) is 5.68. The lowest BCUT2D eigenvalue weighted by Crippen LogP contribution is -2.31. The second-order valence-corrected chi connectivity index (χ2v) is 2.93. The van der Waals surface area contributed by atoms with Crippen LogP contribution in [0, 0.1) is 0 Å². The predicted molar refractivity (Wildman–Crippen MR) is 45.6 cm³/mol. The highest BCUT2D eigenvalue weighted by Gasteiger charge is 2.05. The lowest BCUT2D eigenvalue weighted by atomic mass is 10.3. The highest BCUT2D eigenvalue weighted by atomic mass is 16.1. The molecular weight excluding hydrogens is 154 g/mol. The zero-order valence-electron chi connectivity index (χ0n) is 7.29. The molecule has 0 radical (unpaired) electrons. The summed E-state index contributed by atoms with van der Waals surface area (Å²) in [4.78, 5) is 18.0. The van der Waals surface area contributed by atoms with Gasteiger partial charge >= 0.3 is 0 Å². The highest BCUT2D eigenvalue weighted by molar-refractivity contribution is 5.77. The van der Waals surface area contributed by atoms with Crippen LogP contribution in [0.25, 0.3) is 0 Å². The molecule has 1 aromatic heterocycles. The van der Waals surface area contributed by atoms with Crippen molar-refractivity contribution in [2.75, 3.05) is 0 Å². The summed E-state index contributed by atoms with van der Waals surface area (Å²) in [6, 6.07) is 0.187. The average molecular weight is 167 g/mol. The number of nitrogens with one attached hydrogen (secondary N) is 2. The Morgan fingerprint density at radius 1 is 1.75 bits per heavy atom. The van der Waals surface area contributed by atoms with Gasteiger partial charge in [-0.3, -0.25) is 4.79 Å². The van der Waals surface area contributed by atoms with Gasteiger partial charge in [-0.25, -0.2) is 4.98 Å². The topological polar surface area (TPSA) is 57.8 Å². The van der Waals surface area contributed by atoms with Crippen LogP contribution in [-0.4, -0.2) is 21.9 Å². The molecule has 1 amide bonds. The van der Waals surface area contributed by atoms with Crippen LogP contribution in [0.3, 0.4) is 0 Å². The molecular formula is C8H13N3O. The van der Waals surface area contributed by atoms with E-state index in [1.807, 2.05) is 13.8 Å². The maximum atomic E-state index is 11.1. The van der Waals surface area contributed by atoms with Gasteiger partial charge in [0.05, 0.1) is 6.42 Å². The number of aromatic nitrogens is 2. The monoisotopic (exact) mass is 167 g/mol. The van der Waals surface area contributed by atoms with Gasteiger partial charge in [-0.05, 0) is 13.8 Å². The Morgan fingerprint density at radius 2 is 2.50 bits per heavy atom. The Hall–Kier alpha value is -1.32. The SMILES string of the molecule is CC(C)NC(=O)Cc1ncc[nH]1. The number of H-pyrrole nitrogens is 1. The van der Waals surface area contributed by atoms with Crippen molar-refractivity contribution >= 4 is 5.91 Å². The third kappa shape index (κ3) is 2.74. The minimum atomic E-state index is -0.0000463. The molecule has 0 saturated heterocycles. The van der Waals surface area contributed by atoms with Gasteiger partial charge < -0.3 is 10.3 Å². The summed E-state index contributed by atoms with van der Waals surface area (Å²) in [6.07, 6.45) is 3.67. The molecule has 0 atom stereocenters. The lowest BCUT2D eigenvalue weighted by molar-refractivity contribution is -0.121. The van der Waals surface area contributed by atoms with E-state index in [1.165, 1.54) is 0 Å². The van der Waals surface area contributed by atoms with Gasteiger partial charge in [-0.1, -0.05) is 0 Å². The van der Waals surface area contributed by atoms with Crippen LogP contribution in [0.2, 0.25) is 0 Å². The molecule has 2 N–H and O–H groups in total. The first-order valence-electron chi connectivity index (χ1n) is 3.96. The van der Waals surface area contributed by atoms with Crippen molar-refractivity contribution in [2.45, 2.75) is 26.3 Å². The minimum absolute atomic E-state index is 0.0000463. The molecule has 1 rings (SSSR count). The number of carbonyl (C=O) groups excluding carboxylic acids is 1. The van der Waals surface area contributed by atoms with Crippen molar-refractivity contribution in [3.8, 4) is 0 Å². The van der Waals surface area contributed by atoms with E-state index in [4.69, 9.17) is 0 Å². The van der Waals surface area contributed by atoms with E-state index in [0.717, 1.165) is 0 Å². The molecule has 1 heterocycles. The maximum absolute atomic E-state index is 11.1. The number of hydrogen-bond donors (Lipinski definition) is 2. The normalized spacial score (nSPS) is 10.2. The zero-order valence-corrected chi connectivity index (χ0v) is 7.29. The van der Waals surface area contributed by atoms with Gasteiger partial charge in [0.25, 0.3) is 0 Å². The van der Waals surface area contributed by atoms with Crippen molar-refractivity contribution < 1.29 is 4.79 Å². The Kier molecular flexibility index (Phi) is 2.85. The van der Waals surface area contributed by atoms with Gasteiger partial charge in [0, 0.05) is 18.4 Å². The molecule has 4 heteroatoms. The number of aromatic amines is 1. The van der Waals surface area contributed by atoms with Gasteiger partial charge in [0.2, 0.25) is 5.91 Å². The van der Waals surface area contributed by atoms with Crippen LogP contribution < -0.4 is 5.32 Å².